The molecule has 0 spiro atoms. The van der Waals surface area contributed by atoms with Gasteiger partial charge in [-0.25, -0.2) is 14.4 Å². The normalized spacial score (nSPS) is 12.0. The van der Waals surface area contributed by atoms with Gasteiger partial charge in [0.05, 0.1) is 6.04 Å². The van der Waals surface area contributed by atoms with Crippen LogP contribution < -0.4 is 10.6 Å². The molecule has 1 aromatic heterocycles. The molecule has 0 aliphatic heterocycles. The fourth-order valence-corrected chi connectivity index (χ4v) is 2.20. The number of anilines is 2. The fraction of sp³-hybridized carbons (Fsp3) is 0.333. The zero-order valence-corrected chi connectivity index (χ0v) is 11.9. The largest absolute Gasteiger partial charge is 0.373 e. The molecule has 20 heavy (non-hydrogen) atoms. The second-order valence-electron chi connectivity index (χ2n) is 4.54. The van der Waals surface area contributed by atoms with Gasteiger partial charge < -0.3 is 10.6 Å². The third-order valence-corrected chi connectivity index (χ3v) is 3.26. The summed E-state index contributed by atoms with van der Waals surface area (Å²) in [5.74, 6) is 1.32. The summed E-state index contributed by atoms with van der Waals surface area (Å²) < 4.78 is 13.8. The quantitative estimate of drug-likeness (QED) is 0.877. The van der Waals surface area contributed by atoms with Gasteiger partial charge in [0.25, 0.3) is 0 Å². The first-order chi connectivity index (χ1) is 9.67. The van der Waals surface area contributed by atoms with E-state index < -0.39 is 0 Å². The summed E-state index contributed by atoms with van der Waals surface area (Å²) in [5.41, 5.74) is 1.62. The average molecular weight is 274 g/mol. The first kappa shape index (κ1) is 14.2. The van der Waals surface area contributed by atoms with Crippen molar-refractivity contribution < 1.29 is 4.39 Å². The van der Waals surface area contributed by atoms with E-state index >= 15 is 0 Å². The Labute approximate surface area is 118 Å². The number of hydrogen-bond acceptors (Lipinski definition) is 4. The van der Waals surface area contributed by atoms with Crippen LogP contribution in [0.5, 0.6) is 0 Å². The molecule has 0 saturated heterocycles. The van der Waals surface area contributed by atoms with Crippen molar-refractivity contribution in [3.05, 3.63) is 47.5 Å². The number of nitrogens with zero attached hydrogens (tertiary/aromatic N) is 2. The van der Waals surface area contributed by atoms with Gasteiger partial charge in [0.1, 0.15) is 23.8 Å². The lowest BCUT2D eigenvalue weighted by atomic mass is 10.1. The van der Waals surface area contributed by atoms with Gasteiger partial charge in [-0.05, 0) is 19.4 Å². The molecular weight excluding hydrogens is 255 g/mol. The Morgan fingerprint density at radius 3 is 2.55 bits per heavy atom. The minimum absolute atomic E-state index is 0.166. The monoisotopic (exact) mass is 274 g/mol. The molecule has 4 nitrogen and oxygen atoms in total. The number of halogens is 1. The van der Waals surface area contributed by atoms with E-state index in [2.05, 4.69) is 20.6 Å². The Hall–Kier alpha value is -2.17. The van der Waals surface area contributed by atoms with Crippen molar-refractivity contribution in [3.8, 4) is 0 Å². The summed E-state index contributed by atoms with van der Waals surface area (Å²) in [6.07, 6.45) is 2.30. The first-order valence-electron chi connectivity index (χ1n) is 6.70. The van der Waals surface area contributed by atoms with Crippen molar-refractivity contribution in [1.82, 2.24) is 9.97 Å². The molecule has 0 saturated carbocycles. The third kappa shape index (κ3) is 2.87. The number of hydrogen-bond donors (Lipinski definition) is 2. The van der Waals surface area contributed by atoms with E-state index in [1.807, 2.05) is 27.0 Å². The summed E-state index contributed by atoms with van der Waals surface area (Å²) >= 11 is 0. The molecule has 1 heterocycles. The number of rotatable bonds is 5. The maximum absolute atomic E-state index is 13.8. The average Bonchev–Trinajstić information content (AvgIpc) is 2.47. The van der Waals surface area contributed by atoms with Crippen LogP contribution in [0.25, 0.3) is 0 Å². The van der Waals surface area contributed by atoms with E-state index in [1.54, 1.807) is 12.1 Å². The molecule has 2 N–H and O–H groups in total. The van der Waals surface area contributed by atoms with Crippen LogP contribution in [0.4, 0.5) is 16.0 Å². The molecule has 106 valence electrons. The van der Waals surface area contributed by atoms with Gasteiger partial charge in [-0.1, -0.05) is 25.1 Å². The summed E-state index contributed by atoms with van der Waals surface area (Å²) in [6.45, 7) is 3.96. The molecule has 0 aliphatic rings. The van der Waals surface area contributed by atoms with Gasteiger partial charge in [-0.3, -0.25) is 0 Å². The van der Waals surface area contributed by atoms with Crippen LogP contribution in [-0.2, 0) is 6.42 Å². The lowest BCUT2D eigenvalue weighted by Crippen LogP contribution is -2.13. The number of aromatic nitrogens is 2. The maximum Gasteiger partial charge on any atom is 0.135 e. The zero-order valence-electron chi connectivity index (χ0n) is 11.9. The van der Waals surface area contributed by atoms with E-state index in [4.69, 9.17) is 0 Å². The van der Waals surface area contributed by atoms with E-state index in [-0.39, 0.29) is 11.9 Å². The number of benzene rings is 1. The summed E-state index contributed by atoms with van der Waals surface area (Å²) in [5, 5.41) is 6.31. The van der Waals surface area contributed by atoms with Gasteiger partial charge in [0.2, 0.25) is 0 Å². The van der Waals surface area contributed by atoms with Crippen molar-refractivity contribution in [2.24, 2.45) is 0 Å². The Kier molecular flexibility index (Phi) is 4.50. The van der Waals surface area contributed by atoms with Crippen LogP contribution in [0.15, 0.2) is 30.6 Å². The molecule has 0 bridgehead atoms. The standard InChI is InChI=1S/C15H19FN4/c1-4-11-14(17-3)18-9-19-15(11)20-10(2)12-7-5-6-8-13(12)16/h5-10H,4H2,1-3H3,(H2,17,18,19,20). The van der Waals surface area contributed by atoms with E-state index in [0.29, 0.717) is 5.56 Å². The lowest BCUT2D eigenvalue weighted by Gasteiger charge is -2.18. The minimum atomic E-state index is -0.214. The molecule has 0 aliphatic carbocycles. The van der Waals surface area contributed by atoms with Gasteiger partial charge in [0.15, 0.2) is 0 Å². The van der Waals surface area contributed by atoms with Gasteiger partial charge in [-0.2, -0.15) is 0 Å². The van der Waals surface area contributed by atoms with Crippen LogP contribution in [0, 0.1) is 5.82 Å². The smallest absolute Gasteiger partial charge is 0.135 e. The van der Waals surface area contributed by atoms with Crippen molar-refractivity contribution in [2.75, 3.05) is 17.7 Å². The van der Waals surface area contributed by atoms with Crippen LogP contribution in [-0.4, -0.2) is 17.0 Å². The highest BCUT2D eigenvalue weighted by atomic mass is 19.1. The molecular formula is C15H19FN4. The molecule has 1 atom stereocenters. The molecule has 2 aromatic rings. The van der Waals surface area contributed by atoms with Crippen molar-refractivity contribution in [2.45, 2.75) is 26.3 Å². The first-order valence-corrected chi connectivity index (χ1v) is 6.70. The van der Waals surface area contributed by atoms with Crippen molar-refractivity contribution in [3.63, 3.8) is 0 Å². The molecule has 2 rings (SSSR count). The number of nitrogens with one attached hydrogen (secondary N) is 2. The van der Waals surface area contributed by atoms with Crippen molar-refractivity contribution >= 4 is 11.6 Å². The van der Waals surface area contributed by atoms with Crippen molar-refractivity contribution in [1.29, 1.82) is 0 Å². The van der Waals surface area contributed by atoms with E-state index in [1.165, 1.54) is 12.4 Å². The van der Waals surface area contributed by atoms with Crippen LogP contribution in [0.3, 0.4) is 0 Å². The highest BCUT2D eigenvalue weighted by molar-refractivity contribution is 5.57. The van der Waals surface area contributed by atoms with Gasteiger partial charge >= 0.3 is 0 Å². The fourth-order valence-electron chi connectivity index (χ4n) is 2.20. The molecule has 0 amide bonds. The minimum Gasteiger partial charge on any atom is -0.373 e. The van der Waals surface area contributed by atoms with Crippen LogP contribution >= 0.6 is 0 Å². The zero-order chi connectivity index (χ0) is 14.5. The Balaban J connectivity index is 2.28. The van der Waals surface area contributed by atoms with Crippen LogP contribution in [0.2, 0.25) is 0 Å². The second-order valence-corrected chi connectivity index (χ2v) is 4.54. The molecule has 5 heteroatoms. The molecule has 1 aromatic carbocycles. The maximum atomic E-state index is 13.8. The van der Waals surface area contributed by atoms with E-state index in [9.17, 15) is 4.39 Å². The van der Waals surface area contributed by atoms with E-state index in [0.717, 1.165) is 23.6 Å². The predicted octanol–water partition coefficient (Wildman–Crippen LogP) is 3.39. The molecule has 0 fully saturated rings. The summed E-state index contributed by atoms with van der Waals surface area (Å²) in [6, 6.07) is 6.59. The van der Waals surface area contributed by atoms with Gasteiger partial charge in [0, 0.05) is 18.2 Å². The summed E-state index contributed by atoms with van der Waals surface area (Å²) in [4.78, 5) is 8.46. The SMILES string of the molecule is CCc1c(NC)ncnc1NC(C)c1ccccc1F. The third-order valence-electron chi connectivity index (χ3n) is 3.26. The topological polar surface area (TPSA) is 49.8 Å². The second kappa shape index (κ2) is 6.32. The highest BCUT2D eigenvalue weighted by Crippen LogP contribution is 2.25. The summed E-state index contributed by atoms with van der Waals surface area (Å²) in [7, 11) is 1.82. The molecule has 0 radical (unpaired) electrons. The molecule has 1 unspecified atom stereocenters. The highest BCUT2D eigenvalue weighted by Gasteiger charge is 2.14. The predicted molar refractivity (Wildman–Crippen MR) is 79.4 cm³/mol. The Morgan fingerprint density at radius 1 is 1.20 bits per heavy atom. The lowest BCUT2D eigenvalue weighted by molar-refractivity contribution is 0.600. The Bertz CT molecular complexity index is 586. The van der Waals surface area contributed by atoms with Gasteiger partial charge in [-0.15, -0.1) is 0 Å². The Morgan fingerprint density at radius 2 is 1.90 bits per heavy atom. The van der Waals surface area contributed by atoms with Crippen LogP contribution in [0.1, 0.15) is 31.0 Å².